The maximum Gasteiger partial charge on any atom is 0.191 e. The van der Waals surface area contributed by atoms with E-state index in [4.69, 9.17) is 10.2 Å². The Labute approximate surface area is 148 Å². The van der Waals surface area contributed by atoms with Crippen LogP contribution < -0.4 is 5.73 Å². The van der Waals surface area contributed by atoms with Crippen LogP contribution in [0.2, 0.25) is 0 Å². The van der Waals surface area contributed by atoms with Gasteiger partial charge < -0.3 is 15.1 Å². The number of hydrogen-bond acceptors (Lipinski definition) is 2. The Morgan fingerprint density at radius 1 is 1.41 bits per heavy atom. The Balaban J connectivity index is 0.00000176. The number of halogens is 1. The average Bonchev–Trinajstić information content (AvgIpc) is 2.82. The summed E-state index contributed by atoms with van der Waals surface area (Å²) in [6, 6.07) is 8.09. The van der Waals surface area contributed by atoms with E-state index in [1.165, 1.54) is 12.8 Å². The Morgan fingerprint density at radius 3 is 2.91 bits per heavy atom. The van der Waals surface area contributed by atoms with Gasteiger partial charge >= 0.3 is 0 Å². The van der Waals surface area contributed by atoms with Crippen molar-refractivity contribution in [1.29, 1.82) is 0 Å². The zero-order chi connectivity index (χ0) is 14.8. The molecule has 1 aliphatic heterocycles. The fourth-order valence-electron chi connectivity index (χ4n) is 3.03. The molecule has 120 valence electrons. The highest BCUT2D eigenvalue weighted by molar-refractivity contribution is 14.0. The van der Waals surface area contributed by atoms with Crippen LogP contribution in [0, 0.1) is 12.8 Å². The first-order valence-corrected chi connectivity index (χ1v) is 7.67. The maximum atomic E-state index is 6.14. The van der Waals surface area contributed by atoms with Gasteiger partial charge in [-0.2, -0.15) is 0 Å². The lowest BCUT2D eigenvalue weighted by atomic mass is 10.0. The number of nitrogens with zero attached hydrogens (tertiary/aromatic N) is 2. The summed E-state index contributed by atoms with van der Waals surface area (Å²) in [5, 5.41) is 1.16. The third kappa shape index (κ3) is 3.56. The fraction of sp³-hybridized carbons (Fsp3) is 0.471. The Hall–Kier alpha value is -1.24. The third-order valence-electron chi connectivity index (χ3n) is 4.31. The van der Waals surface area contributed by atoms with Crippen molar-refractivity contribution in [2.75, 3.05) is 13.1 Å². The Kier molecular flexibility index (Phi) is 5.72. The van der Waals surface area contributed by atoms with Crippen molar-refractivity contribution in [1.82, 2.24) is 4.90 Å². The Bertz CT molecular complexity index is 665. The molecule has 0 spiro atoms. The van der Waals surface area contributed by atoms with Crippen LogP contribution in [0.4, 0.5) is 0 Å². The summed E-state index contributed by atoms with van der Waals surface area (Å²) < 4.78 is 5.88. The molecule has 22 heavy (non-hydrogen) atoms. The molecule has 0 radical (unpaired) electrons. The van der Waals surface area contributed by atoms with Gasteiger partial charge in [0, 0.05) is 24.0 Å². The summed E-state index contributed by atoms with van der Waals surface area (Å²) >= 11 is 0. The van der Waals surface area contributed by atoms with Crippen LogP contribution in [0.15, 0.2) is 33.7 Å². The van der Waals surface area contributed by atoms with Crippen LogP contribution in [0.1, 0.15) is 31.1 Å². The molecule has 0 aliphatic carbocycles. The smallest absolute Gasteiger partial charge is 0.191 e. The maximum absolute atomic E-state index is 6.14. The zero-order valence-electron chi connectivity index (χ0n) is 13.2. The lowest BCUT2D eigenvalue weighted by Gasteiger charge is -2.31. The largest absolute Gasteiger partial charge is 0.459 e. The molecule has 3 rings (SSSR count). The third-order valence-corrected chi connectivity index (χ3v) is 4.31. The van der Waals surface area contributed by atoms with Crippen molar-refractivity contribution in [2.45, 2.75) is 33.2 Å². The van der Waals surface area contributed by atoms with E-state index < -0.39 is 0 Å². The number of piperidine rings is 1. The van der Waals surface area contributed by atoms with Crippen LogP contribution in [-0.4, -0.2) is 23.9 Å². The molecule has 5 heteroatoms. The number of nitrogens with two attached hydrogens (primary N) is 1. The molecule has 1 aliphatic rings. The van der Waals surface area contributed by atoms with Gasteiger partial charge in [-0.3, -0.25) is 0 Å². The predicted octanol–water partition coefficient (Wildman–Crippen LogP) is 3.91. The molecule has 1 aromatic carbocycles. The molecule has 0 saturated carbocycles. The highest BCUT2D eigenvalue weighted by atomic mass is 127. The van der Waals surface area contributed by atoms with Gasteiger partial charge in [0.05, 0.1) is 0 Å². The summed E-state index contributed by atoms with van der Waals surface area (Å²) in [5.41, 5.74) is 8.22. The number of likely N-dealkylation sites (tertiary alicyclic amines) is 1. The molecule has 0 bridgehead atoms. The second-order valence-corrected chi connectivity index (χ2v) is 6.01. The highest BCUT2D eigenvalue weighted by Crippen LogP contribution is 2.25. The quantitative estimate of drug-likeness (QED) is 0.462. The predicted molar refractivity (Wildman–Crippen MR) is 102 cm³/mol. The monoisotopic (exact) mass is 413 g/mol. The van der Waals surface area contributed by atoms with Gasteiger partial charge in [0.1, 0.15) is 17.9 Å². The number of benzene rings is 1. The van der Waals surface area contributed by atoms with E-state index in [-0.39, 0.29) is 24.0 Å². The van der Waals surface area contributed by atoms with Crippen molar-refractivity contribution in [2.24, 2.45) is 16.6 Å². The average molecular weight is 413 g/mol. The summed E-state index contributed by atoms with van der Waals surface area (Å²) in [6.07, 6.45) is 2.48. The van der Waals surface area contributed by atoms with Crippen molar-refractivity contribution < 1.29 is 4.42 Å². The van der Waals surface area contributed by atoms with E-state index in [0.717, 1.165) is 35.4 Å². The number of rotatable bonds is 2. The van der Waals surface area contributed by atoms with Crippen LogP contribution in [0.25, 0.3) is 11.0 Å². The molecular weight excluding hydrogens is 389 g/mol. The van der Waals surface area contributed by atoms with Crippen molar-refractivity contribution in [3.8, 4) is 0 Å². The topological polar surface area (TPSA) is 54.8 Å². The molecular formula is C17H24IN3O. The minimum absolute atomic E-state index is 0. The molecule has 1 fully saturated rings. The molecule has 2 aromatic rings. The van der Waals surface area contributed by atoms with E-state index in [2.05, 4.69) is 29.8 Å². The lowest BCUT2D eigenvalue weighted by Crippen LogP contribution is -2.43. The van der Waals surface area contributed by atoms with E-state index in [9.17, 15) is 0 Å². The summed E-state index contributed by atoms with van der Waals surface area (Å²) in [4.78, 5) is 6.72. The number of furan rings is 1. The lowest BCUT2D eigenvalue weighted by molar-refractivity contribution is 0.270. The van der Waals surface area contributed by atoms with E-state index >= 15 is 0 Å². The molecule has 1 aromatic heterocycles. The van der Waals surface area contributed by atoms with Crippen LogP contribution in [0.3, 0.4) is 0 Å². The number of hydrogen-bond donors (Lipinski definition) is 1. The molecule has 4 nitrogen and oxygen atoms in total. The van der Waals surface area contributed by atoms with Gasteiger partial charge in [0.25, 0.3) is 0 Å². The number of fused-ring (bicyclic) bond motifs is 1. The van der Waals surface area contributed by atoms with Crippen molar-refractivity contribution in [3.05, 3.63) is 35.6 Å². The van der Waals surface area contributed by atoms with Gasteiger partial charge in [0.2, 0.25) is 0 Å². The van der Waals surface area contributed by atoms with Crippen molar-refractivity contribution in [3.63, 3.8) is 0 Å². The minimum Gasteiger partial charge on any atom is -0.459 e. The Morgan fingerprint density at radius 2 is 2.18 bits per heavy atom. The van der Waals surface area contributed by atoms with E-state index in [1.807, 2.05) is 18.2 Å². The first kappa shape index (κ1) is 17.1. The second-order valence-electron chi connectivity index (χ2n) is 6.01. The molecule has 1 atom stereocenters. The first-order valence-electron chi connectivity index (χ1n) is 7.67. The van der Waals surface area contributed by atoms with Gasteiger partial charge in [-0.15, -0.1) is 24.0 Å². The van der Waals surface area contributed by atoms with Crippen LogP contribution >= 0.6 is 24.0 Å². The second kappa shape index (κ2) is 7.35. The first-order chi connectivity index (χ1) is 10.1. The number of para-hydroxylation sites is 1. The van der Waals surface area contributed by atoms with Gasteiger partial charge in [-0.05, 0) is 31.7 Å². The van der Waals surface area contributed by atoms with Gasteiger partial charge in [-0.25, -0.2) is 4.99 Å². The zero-order valence-corrected chi connectivity index (χ0v) is 15.5. The molecule has 2 heterocycles. The van der Waals surface area contributed by atoms with E-state index in [0.29, 0.717) is 18.4 Å². The number of aryl methyl sites for hydroxylation is 1. The normalized spacial score (nSPS) is 19.3. The van der Waals surface area contributed by atoms with Crippen LogP contribution in [0.5, 0.6) is 0 Å². The van der Waals surface area contributed by atoms with Crippen LogP contribution in [-0.2, 0) is 6.54 Å². The van der Waals surface area contributed by atoms with E-state index in [1.54, 1.807) is 0 Å². The van der Waals surface area contributed by atoms with Crippen molar-refractivity contribution >= 4 is 40.9 Å². The van der Waals surface area contributed by atoms with Gasteiger partial charge in [-0.1, -0.05) is 25.1 Å². The standard InChI is InChI=1S/C17H23N3O.HI/c1-12-6-5-9-20(11-12)17(18)19-10-16-13(2)14-7-3-4-8-15(14)21-16;/h3-4,7-8,12H,5-6,9-11H2,1-2H3,(H2,18,19);1H. The fourth-order valence-corrected chi connectivity index (χ4v) is 3.03. The molecule has 2 N–H and O–H groups in total. The molecule has 0 amide bonds. The molecule has 1 unspecified atom stereocenters. The number of guanidine groups is 1. The summed E-state index contributed by atoms with van der Waals surface area (Å²) in [6.45, 7) is 6.88. The molecule has 1 saturated heterocycles. The highest BCUT2D eigenvalue weighted by Gasteiger charge is 2.18. The number of aliphatic imine (C=N–C) groups is 1. The summed E-state index contributed by atoms with van der Waals surface area (Å²) in [5.74, 6) is 2.24. The summed E-state index contributed by atoms with van der Waals surface area (Å²) in [7, 11) is 0. The van der Waals surface area contributed by atoms with Gasteiger partial charge in [0.15, 0.2) is 5.96 Å². The minimum atomic E-state index is 0. The SMILES string of the molecule is Cc1c(CN=C(N)N2CCCC(C)C2)oc2ccccc12.I.